The summed E-state index contributed by atoms with van der Waals surface area (Å²) in [5.74, 6) is -0.874. The standard InChI is InChI=1S/C11H10BrFN4O2/c12-8-6-9(13)11(17(18)19)10(7-8)14-3-5-16-4-1-2-15-16/h1-2,4,6-7,14H,3,5H2. The molecule has 0 fully saturated rings. The molecule has 1 aromatic carbocycles. The minimum absolute atomic E-state index is 0.143. The first kappa shape index (κ1) is 13.5. The van der Waals surface area contributed by atoms with Crippen molar-refractivity contribution >= 4 is 27.3 Å². The molecule has 19 heavy (non-hydrogen) atoms. The molecule has 0 radical (unpaired) electrons. The van der Waals surface area contributed by atoms with Gasteiger partial charge in [0.05, 0.1) is 11.5 Å². The normalized spacial score (nSPS) is 10.4. The highest BCUT2D eigenvalue weighted by Crippen LogP contribution is 2.31. The van der Waals surface area contributed by atoms with Crippen LogP contribution in [0.1, 0.15) is 0 Å². The van der Waals surface area contributed by atoms with Crippen molar-refractivity contribution in [2.24, 2.45) is 0 Å². The highest BCUT2D eigenvalue weighted by molar-refractivity contribution is 9.10. The van der Waals surface area contributed by atoms with Crippen molar-refractivity contribution in [2.75, 3.05) is 11.9 Å². The van der Waals surface area contributed by atoms with E-state index < -0.39 is 16.4 Å². The number of nitro groups is 1. The van der Waals surface area contributed by atoms with E-state index in [1.54, 1.807) is 23.1 Å². The molecular formula is C11H10BrFN4O2. The van der Waals surface area contributed by atoms with Crippen LogP contribution in [0.25, 0.3) is 0 Å². The van der Waals surface area contributed by atoms with Crippen LogP contribution in [0, 0.1) is 15.9 Å². The van der Waals surface area contributed by atoms with Gasteiger partial charge in [-0.15, -0.1) is 0 Å². The second kappa shape index (κ2) is 5.79. The van der Waals surface area contributed by atoms with Crippen molar-refractivity contribution in [1.82, 2.24) is 9.78 Å². The molecular weight excluding hydrogens is 319 g/mol. The van der Waals surface area contributed by atoms with Gasteiger partial charge in [-0.1, -0.05) is 15.9 Å². The summed E-state index contributed by atoms with van der Waals surface area (Å²) < 4.78 is 15.6. The van der Waals surface area contributed by atoms with E-state index in [0.29, 0.717) is 17.6 Å². The first-order valence-corrected chi connectivity index (χ1v) is 6.22. The summed E-state index contributed by atoms with van der Waals surface area (Å²) in [6.45, 7) is 0.927. The number of aromatic nitrogens is 2. The van der Waals surface area contributed by atoms with Crippen molar-refractivity contribution in [1.29, 1.82) is 0 Å². The van der Waals surface area contributed by atoms with E-state index in [4.69, 9.17) is 0 Å². The molecule has 0 aliphatic heterocycles. The summed E-state index contributed by atoms with van der Waals surface area (Å²) >= 11 is 3.11. The maximum atomic E-state index is 13.5. The van der Waals surface area contributed by atoms with Gasteiger partial charge in [0.1, 0.15) is 5.69 Å². The third-order valence-electron chi connectivity index (χ3n) is 2.43. The van der Waals surface area contributed by atoms with Gasteiger partial charge in [0.2, 0.25) is 5.82 Å². The van der Waals surface area contributed by atoms with Crippen LogP contribution in [0.5, 0.6) is 0 Å². The van der Waals surface area contributed by atoms with Gasteiger partial charge in [0.25, 0.3) is 0 Å². The molecule has 0 unspecified atom stereocenters. The van der Waals surface area contributed by atoms with E-state index >= 15 is 0 Å². The van der Waals surface area contributed by atoms with Crippen LogP contribution in [0.3, 0.4) is 0 Å². The lowest BCUT2D eigenvalue weighted by atomic mass is 10.2. The third kappa shape index (κ3) is 3.28. The maximum absolute atomic E-state index is 13.5. The quantitative estimate of drug-likeness (QED) is 0.676. The number of rotatable bonds is 5. The molecule has 0 saturated heterocycles. The average molecular weight is 329 g/mol. The van der Waals surface area contributed by atoms with Gasteiger partial charge in [0.15, 0.2) is 0 Å². The number of hydrogen-bond acceptors (Lipinski definition) is 4. The molecule has 0 bridgehead atoms. The fraction of sp³-hybridized carbons (Fsp3) is 0.182. The maximum Gasteiger partial charge on any atom is 0.327 e. The Kier molecular flexibility index (Phi) is 4.10. The van der Waals surface area contributed by atoms with E-state index in [2.05, 4.69) is 26.3 Å². The molecule has 1 aromatic heterocycles. The first-order chi connectivity index (χ1) is 9.08. The topological polar surface area (TPSA) is 73.0 Å². The minimum Gasteiger partial charge on any atom is -0.378 e. The van der Waals surface area contributed by atoms with Crippen molar-refractivity contribution in [3.8, 4) is 0 Å². The fourth-order valence-electron chi connectivity index (χ4n) is 1.62. The van der Waals surface area contributed by atoms with Gasteiger partial charge in [-0.05, 0) is 18.2 Å². The molecule has 0 amide bonds. The lowest BCUT2D eigenvalue weighted by Crippen LogP contribution is -2.12. The molecule has 0 spiro atoms. The lowest BCUT2D eigenvalue weighted by Gasteiger charge is -2.08. The van der Waals surface area contributed by atoms with Crippen LogP contribution in [0.15, 0.2) is 35.1 Å². The summed E-state index contributed by atoms with van der Waals surface area (Å²) in [7, 11) is 0. The second-order valence-electron chi connectivity index (χ2n) is 3.74. The van der Waals surface area contributed by atoms with Crippen LogP contribution in [0.2, 0.25) is 0 Å². The third-order valence-corrected chi connectivity index (χ3v) is 2.88. The Morgan fingerprint density at radius 2 is 2.32 bits per heavy atom. The zero-order valence-corrected chi connectivity index (χ0v) is 11.3. The van der Waals surface area contributed by atoms with Gasteiger partial charge < -0.3 is 5.32 Å². The highest BCUT2D eigenvalue weighted by Gasteiger charge is 2.20. The second-order valence-corrected chi connectivity index (χ2v) is 4.65. The van der Waals surface area contributed by atoms with Gasteiger partial charge in [-0.3, -0.25) is 14.8 Å². The van der Waals surface area contributed by atoms with Crippen LogP contribution in [0.4, 0.5) is 15.8 Å². The van der Waals surface area contributed by atoms with Gasteiger partial charge in [-0.25, -0.2) is 0 Å². The van der Waals surface area contributed by atoms with Crippen molar-refractivity contribution in [3.05, 3.63) is 51.0 Å². The van der Waals surface area contributed by atoms with E-state index in [-0.39, 0.29) is 5.69 Å². The highest BCUT2D eigenvalue weighted by atomic mass is 79.9. The smallest absolute Gasteiger partial charge is 0.327 e. The molecule has 2 rings (SSSR count). The van der Waals surface area contributed by atoms with Gasteiger partial charge >= 0.3 is 5.69 Å². The van der Waals surface area contributed by atoms with Gasteiger partial charge in [-0.2, -0.15) is 9.49 Å². The Bertz CT molecular complexity index is 589. The predicted octanol–water partition coefficient (Wildman–Crippen LogP) is 2.80. The van der Waals surface area contributed by atoms with Crippen molar-refractivity contribution in [2.45, 2.75) is 6.54 Å². The number of nitro benzene ring substituents is 1. The number of hydrogen-bond donors (Lipinski definition) is 1. The Hall–Kier alpha value is -1.96. The fourth-order valence-corrected chi connectivity index (χ4v) is 2.05. The van der Waals surface area contributed by atoms with E-state index in [1.165, 1.54) is 6.07 Å². The molecule has 8 heteroatoms. The van der Waals surface area contributed by atoms with E-state index in [9.17, 15) is 14.5 Å². The summed E-state index contributed by atoms with van der Waals surface area (Å²) in [5, 5.41) is 17.7. The molecule has 0 aliphatic carbocycles. The number of nitrogens with zero attached hydrogens (tertiary/aromatic N) is 3. The van der Waals surface area contributed by atoms with E-state index in [1.807, 2.05) is 0 Å². The molecule has 2 aromatic rings. The summed E-state index contributed by atoms with van der Waals surface area (Å²) in [6.07, 6.45) is 3.42. The monoisotopic (exact) mass is 328 g/mol. The number of benzene rings is 1. The largest absolute Gasteiger partial charge is 0.378 e. The predicted molar refractivity (Wildman–Crippen MR) is 71.5 cm³/mol. The summed E-state index contributed by atoms with van der Waals surface area (Å²) in [6, 6.07) is 4.32. The van der Waals surface area contributed by atoms with Crippen molar-refractivity contribution in [3.63, 3.8) is 0 Å². The molecule has 1 N–H and O–H groups in total. The van der Waals surface area contributed by atoms with Crippen LogP contribution in [-0.4, -0.2) is 21.2 Å². The first-order valence-electron chi connectivity index (χ1n) is 5.42. The zero-order chi connectivity index (χ0) is 13.8. The Morgan fingerprint density at radius 3 is 2.95 bits per heavy atom. The molecule has 0 atom stereocenters. The number of nitrogens with one attached hydrogen (secondary N) is 1. The lowest BCUT2D eigenvalue weighted by molar-refractivity contribution is -0.386. The van der Waals surface area contributed by atoms with Crippen LogP contribution < -0.4 is 5.32 Å². The summed E-state index contributed by atoms with van der Waals surface area (Å²) in [4.78, 5) is 10.1. The molecule has 1 heterocycles. The molecule has 6 nitrogen and oxygen atoms in total. The average Bonchev–Trinajstić information content (AvgIpc) is 2.80. The van der Waals surface area contributed by atoms with Crippen molar-refractivity contribution < 1.29 is 9.31 Å². The van der Waals surface area contributed by atoms with Gasteiger partial charge in [0, 0.05) is 23.4 Å². The van der Waals surface area contributed by atoms with Crippen LogP contribution in [-0.2, 0) is 6.54 Å². The summed E-state index contributed by atoms with van der Waals surface area (Å²) in [5.41, 5.74) is -0.410. The number of halogens is 2. The zero-order valence-electron chi connectivity index (χ0n) is 9.72. The SMILES string of the molecule is O=[N+]([O-])c1c(F)cc(Br)cc1NCCn1cccn1. The molecule has 0 saturated carbocycles. The van der Waals surface area contributed by atoms with E-state index in [0.717, 1.165) is 6.07 Å². The number of anilines is 1. The molecule has 0 aliphatic rings. The Labute approximate surface area is 116 Å². The Morgan fingerprint density at radius 1 is 1.53 bits per heavy atom. The Balaban J connectivity index is 2.12. The minimum atomic E-state index is -0.874. The molecule has 100 valence electrons. The van der Waals surface area contributed by atoms with Crippen LogP contribution >= 0.6 is 15.9 Å².